The van der Waals surface area contributed by atoms with Gasteiger partial charge in [-0.05, 0) is 36.4 Å². The van der Waals surface area contributed by atoms with Gasteiger partial charge in [0, 0.05) is 15.5 Å². The molecule has 6 heteroatoms. The predicted molar refractivity (Wildman–Crippen MR) is 69.9 cm³/mol. The van der Waals surface area contributed by atoms with Crippen LogP contribution in [0.4, 0.5) is 14.5 Å². The molecule has 0 bridgehead atoms. The molecule has 2 aromatic rings. The lowest BCUT2D eigenvalue weighted by molar-refractivity contribution is 0.0997. The van der Waals surface area contributed by atoms with Crippen molar-refractivity contribution < 1.29 is 13.6 Å². The van der Waals surface area contributed by atoms with Gasteiger partial charge in [-0.3, -0.25) is 4.79 Å². The number of primary amides is 1. The second-order valence-corrected chi connectivity index (χ2v) is 4.91. The Labute approximate surface area is 112 Å². The van der Waals surface area contributed by atoms with Crippen molar-refractivity contribution in [1.29, 1.82) is 0 Å². The molecular weight excluding hydrogens is 270 g/mol. The molecule has 0 saturated heterocycles. The van der Waals surface area contributed by atoms with Gasteiger partial charge < -0.3 is 11.5 Å². The Bertz CT molecular complexity index is 647. The summed E-state index contributed by atoms with van der Waals surface area (Å²) in [5.41, 5.74) is 11.5. The van der Waals surface area contributed by atoms with Gasteiger partial charge in [-0.25, -0.2) is 8.78 Å². The number of hydrogen-bond acceptors (Lipinski definition) is 3. The molecule has 0 heterocycles. The van der Waals surface area contributed by atoms with Gasteiger partial charge in [0.1, 0.15) is 0 Å². The van der Waals surface area contributed by atoms with Crippen molar-refractivity contribution in [1.82, 2.24) is 0 Å². The molecule has 0 aliphatic heterocycles. The summed E-state index contributed by atoms with van der Waals surface area (Å²) < 4.78 is 25.9. The number of hydrogen-bond donors (Lipinski definition) is 2. The molecule has 1 amide bonds. The van der Waals surface area contributed by atoms with E-state index in [9.17, 15) is 13.6 Å². The summed E-state index contributed by atoms with van der Waals surface area (Å²) in [7, 11) is 0. The molecule has 0 fully saturated rings. The maximum absolute atomic E-state index is 13.1. The second kappa shape index (κ2) is 5.27. The van der Waals surface area contributed by atoms with Crippen molar-refractivity contribution in [3.8, 4) is 0 Å². The van der Waals surface area contributed by atoms with Crippen LogP contribution in [0.3, 0.4) is 0 Å². The topological polar surface area (TPSA) is 69.1 Å². The number of benzene rings is 2. The third-order valence-corrected chi connectivity index (χ3v) is 3.45. The summed E-state index contributed by atoms with van der Waals surface area (Å²) in [5.74, 6) is -2.49. The largest absolute Gasteiger partial charge is 0.399 e. The van der Waals surface area contributed by atoms with Crippen LogP contribution in [0.5, 0.6) is 0 Å². The second-order valence-electron chi connectivity index (χ2n) is 3.80. The number of nitrogen functional groups attached to an aromatic ring is 1. The van der Waals surface area contributed by atoms with Gasteiger partial charge in [0.15, 0.2) is 11.6 Å². The van der Waals surface area contributed by atoms with Gasteiger partial charge >= 0.3 is 0 Å². The number of anilines is 1. The van der Waals surface area contributed by atoms with Gasteiger partial charge in [0.2, 0.25) is 5.91 Å². The van der Waals surface area contributed by atoms with E-state index in [-0.39, 0.29) is 5.56 Å². The molecule has 0 aliphatic carbocycles. The molecule has 3 nitrogen and oxygen atoms in total. The van der Waals surface area contributed by atoms with Gasteiger partial charge in [0.05, 0.1) is 5.56 Å². The highest BCUT2D eigenvalue weighted by atomic mass is 32.2. The fourth-order valence-electron chi connectivity index (χ4n) is 1.50. The number of halogens is 2. The minimum atomic E-state index is -0.943. The molecule has 0 saturated carbocycles. The molecule has 2 aromatic carbocycles. The summed E-state index contributed by atoms with van der Waals surface area (Å²) in [6, 6.07) is 8.17. The number of rotatable bonds is 3. The first-order valence-corrected chi connectivity index (χ1v) is 6.11. The predicted octanol–water partition coefficient (Wildman–Crippen LogP) is 2.80. The summed E-state index contributed by atoms with van der Waals surface area (Å²) in [5, 5.41) is 0. The zero-order chi connectivity index (χ0) is 14.0. The lowest BCUT2D eigenvalue weighted by atomic mass is 10.2. The van der Waals surface area contributed by atoms with Gasteiger partial charge in [-0.2, -0.15) is 0 Å². The zero-order valence-electron chi connectivity index (χ0n) is 9.69. The van der Waals surface area contributed by atoms with Crippen molar-refractivity contribution >= 4 is 23.4 Å². The van der Waals surface area contributed by atoms with Crippen LogP contribution < -0.4 is 11.5 Å². The van der Waals surface area contributed by atoms with E-state index in [1.165, 1.54) is 12.1 Å². The van der Waals surface area contributed by atoms with E-state index in [4.69, 9.17) is 11.5 Å². The summed E-state index contributed by atoms with van der Waals surface area (Å²) in [6.45, 7) is 0. The Morgan fingerprint density at radius 3 is 2.42 bits per heavy atom. The fraction of sp³-hybridized carbons (Fsp3) is 0. The molecule has 4 N–H and O–H groups in total. The molecule has 0 unspecified atom stereocenters. The molecule has 0 radical (unpaired) electrons. The molecule has 0 atom stereocenters. The van der Waals surface area contributed by atoms with Crippen LogP contribution in [0.2, 0.25) is 0 Å². The SMILES string of the molecule is NC(=O)c1cc(N)ccc1Sc1ccc(F)c(F)c1. The molecule has 0 aliphatic rings. The monoisotopic (exact) mass is 280 g/mol. The first kappa shape index (κ1) is 13.4. The first-order chi connectivity index (χ1) is 8.97. The number of nitrogens with two attached hydrogens (primary N) is 2. The molecule has 98 valence electrons. The third kappa shape index (κ3) is 3.03. The minimum absolute atomic E-state index is 0.245. The highest BCUT2D eigenvalue weighted by Gasteiger charge is 2.11. The lowest BCUT2D eigenvalue weighted by Crippen LogP contribution is -2.12. The summed E-state index contributed by atoms with van der Waals surface area (Å²) >= 11 is 1.11. The lowest BCUT2D eigenvalue weighted by Gasteiger charge is -2.07. The average molecular weight is 280 g/mol. The standard InChI is InChI=1S/C13H10F2N2OS/c14-10-3-2-8(6-11(10)15)19-12-4-1-7(16)5-9(12)13(17)18/h1-6H,16H2,(H2,17,18). The van der Waals surface area contributed by atoms with Crippen molar-refractivity contribution in [2.75, 3.05) is 5.73 Å². The van der Waals surface area contributed by atoms with E-state index < -0.39 is 17.5 Å². The van der Waals surface area contributed by atoms with Crippen LogP contribution in [0.25, 0.3) is 0 Å². The number of carbonyl (C=O) groups excluding carboxylic acids is 1. The summed E-state index contributed by atoms with van der Waals surface area (Å²) in [6.07, 6.45) is 0. The van der Waals surface area contributed by atoms with E-state index in [1.54, 1.807) is 12.1 Å². The first-order valence-electron chi connectivity index (χ1n) is 5.29. The van der Waals surface area contributed by atoms with Gasteiger partial charge in [-0.15, -0.1) is 0 Å². The van der Waals surface area contributed by atoms with Crippen molar-refractivity contribution in [2.24, 2.45) is 5.73 Å². The molecular formula is C13H10F2N2OS. The zero-order valence-corrected chi connectivity index (χ0v) is 10.5. The van der Waals surface area contributed by atoms with Crippen molar-refractivity contribution in [2.45, 2.75) is 9.79 Å². The van der Waals surface area contributed by atoms with Crippen LogP contribution >= 0.6 is 11.8 Å². The van der Waals surface area contributed by atoms with Crippen LogP contribution in [0.15, 0.2) is 46.2 Å². The Balaban J connectivity index is 2.37. The molecule has 2 rings (SSSR count). The Hall–Kier alpha value is -2.08. The van der Waals surface area contributed by atoms with E-state index >= 15 is 0 Å². The van der Waals surface area contributed by atoms with Crippen LogP contribution in [0.1, 0.15) is 10.4 Å². The van der Waals surface area contributed by atoms with Crippen molar-refractivity contribution in [3.05, 3.63) is 53.6 Å². The molecule has 0 spiro atoms. The molecule has 0 aromatic heterocycles. The fourth-order valence-corrected chi connectivity index (χ4v) is 2.45. The normalized spacial score (nSPS) is 10.4. The number of carbonyl (C=O) groups is 1. The Morgan fingerprint density at radius 1 is 1.05 bits per heavy atom. The summed E-state index contributed by atoms with van der Waals surface area (Å²) in [4.78, 5) is 12.3. The third-order valence-electron chi connectivity index (χ3n) is 2.39. The van der Waals surface area contributed by atoms with E-state index in [0.717, 1.165) is 23.9 Å². The van der Waals surface area contributed by atoms with Gasteiger partial charge in [-0.1, -0.05) is 11.8 Å². The Kier molecular flexibility index (Phi) is 3.71. The van der Waals surface area contributed by atoms with E-state index in [0.29, 0.717) is 15.5 Å². The maximum Gasteiger partial charge on any atom is 0.249 e. The molecule has 19 heavy (non-hydrogen) atoms. The van der Waals surface area contributed by atoms with Crippen LogP contribution in [-0.2, 0) is 0 Å². The number of amides is 1. The maximum atomic E-state index is 13.1. The van der Waals surface area contributed by atoms with Crippen molar-refractivity contribution in [3.63, 3.8) is 0 Å². The van der Waals surface area contributed by atoms with Gasteiger partial charge in [0.25, 0.3) is 0 Å². The van der Waals surface area contributed by atoms with Crippen LogP contribution in [-0.4, -0.2) is 5.91 Å². The average Bonchev–Trinajstić information content (AvgIpc) is 2.36. The van der Waals surface area contributed by atoms with E-state index in [1.807, 2.05) is 0 Å². The minimum Gasteiger partial charge on any atom is -0.399 e. The van der Waals surface area contributed by atoms with E-state index in [2.05, 4.69) is 0 Å². The Morgan fingerprint density at radius 2 is 1.79 bits per heavy atom. The quantitative estimate of drug-likeness (QED) is 0.849. The highest BCUT2D eigenvalue weighted by Crippen LogP contribution is 2.32. The highest BCUT2D eigenvalue weighted by molar-refractivity contribution is 7.99. The smallest absolute Gasteiger partial charge is 0.249 e. The van der Waals surface area contributed by atoms with Crippen LogP contribution in [0, 0.1) is 11.6 Å².